The minimum atomic E-state index is -0.182. The summed E-state index contributed by atoms with van der Waals surface area (Å²) in [6, 6.07) is 2.34. The van der Waals surface area contributed by atoms with E-state index in [0.29, 0.717) is 18.1 Å². The molecule has 2 nitrogen and oxygen atoms in total. The SMILES string of the molecule is C[C@@]1(C#N)C[C@H]2C[C@@H]1CC2=O. The molecule has 0 amide bonds. The molecule has 11 heavy (non-hydrogen) atoms. The molecule has 0 spiro atoms. The summed E-state index contributed by atoms with van der Waals surface area (Å²) in [7, 11) is 0. The fourth-order valence-electron chi connectivity index (χ4n) is 2.47. The van der Waals surface area contributed by atoms with E-state index in [2.05, 4.69) is 6.07 Å². The second kappa shape index (κ2) is 1.85. The first-order valence-corrected chi connectivity index (χ1v) is 4.10. The lowest BCUT2D eigenvalue weighted by Crippen LogP contribution is -2.25. The fourth-order valence-corrected chi connectivity index (χ4v) is 2.47. The number of nitriles is 1. The quantitative estimate of drug-likeness (QED) is 0.524. The third-order valence-corrected chi connectivity index (χ3v) is 3.30. The molecule has 2 saturated carbocycles. The number of rotatable bonds is 0. The molecule has 0 aromatic heterocycles. The summed E-state index contributed by atoms with van der Waals surface area (Å²) in [6.45, 7) is 1.99. The highest BCUT2D eigenvalue weighted by atomic mass is 16.1. The molecule has 58 valence electrons. The van der Waals surface area contributed by atoms with Crippen molar-refractivity contribution >= 4 is 5.78 Å². The van der Waals surface area contributed by atoms with Gasteiger partial charge in [-0.05, 0) is 25.7 Å². The molecule has 0 N–H and O–H groups in total. The molecule has 3 atom stereocenters. The first kappa shape index (κ1) is 6.84. The summed E-state index contributed by atoms with van der Waals surface area (Å²) in [4.78, 5) is 11.1. The smallest absolute Gasteiger partial charge is 0.136 e. The maximum atomic E-state index is 11.1. The molecule has 0 aromatic rings. The molecule has 0 aliphatic heterocycles. The van der Waals surface area contributed by atoms with Crippen LogP contribution in [0.3, 0.4) is 0 Å². The summed E-state index contributed by atoms with van der Waals surface area (Å²) >= 11 is 0. The van der Waals surface area contributed by atoms with Gasteiger partial charge in [-0.2, -0.15) is 5.26 Å². The van der Waals surface area contributed by atoms with Crippen molar-refractivity contribution < 1.29 is 4.79 Å². The molecule has 0 saturated heterocycles. The van der Waals surface area contributed by atoms with Gasteiger partial charge in [-0.3, -0.25) is 4.79 Å². The minimum absolute atomic E-state index is 0.182. The van der Waals surface area contributed by atoms with E-state index in [9.17, 15) is 4.79 Å². The Morgan fingerprint density at radius 1 is 1.73 bits per heavy atom. The van der Waals surface area contributed by atoms with Crippen LogP contribution >= 0.6 is 0 Å². The molecular formula is C9H11NO. The summed E-state index contributed by atoms with van der Waals surface area (Å²) < 4.78 is 0. The van der Waals surface area contributed by atoms with Crippen molar-refractivity contribution in [2.24, 2.45) is 17.3 Å². The Kier molecular flexibility index (Phi) is 1.15. The monoisotopic (exact) mass is 149 g/mol. The highest BCUT2D eigenvalue weighted by molar-refractivity contribution is 5.85. The number of carbonyl (C=O) groups is 1. The second-order valence-electron chi connectivity index (χ2n) is 4.03. The molecule has 2 rings (SSSR count). The van der Waals surface area contributed by atoms with E-state index in [0.717, 1.165) is 12.8 Å². The van der Waals surface area contributed by atoms with Crippen molar-refractivity contribution in [3.8, 4) is 6.07 Å². The van der Waals surface area contributed by atoms with Crippen molar-refractivity contribution in [3.05, 3.63) is 0 Å². The van der Waals surface area contributed by atoms with Crippen LogP contribution in [0.15, 0.2) is 0 Å². The highest BCUT2D eigenvalue weighted by Gasteiger charge is 2.52. The van der Waals surface area contributed by atoms with Gasteiger partial charge < -0.3 is 0 Å². The van der Waals surface area contributed by atoms with Gasteiger partial charge in [0.1, 0.15) is 5.78 Å². The molecule has 0 aromatic carbocycles. The van der Waals surface area contributed by atoms with Crippen molar-refractivity contribution in [3.63, 3.8) is 0 Å². The van der Waals surface area contributed by atoms with Gasteiger partial charge in [0.25, 0.3) is 0 Å². The van der Waals surface area contributed by atoms with E-state index in [1.54, 1.807) is 0 Å². The van der Waals surface area contributed by atoms with Crippen molar-refractivity contribution in [1.82, 2.24) is 0 Å². The van der Waals surface area contributed by atoms with Crippen LogP contribution in [0.25, 0.3) is 0 Å². The van der Waals surface area contributed by atoms with Crippen LogP contribution in [-0.2, 0) is 4.79 Å². The van der Waals surface area contributed by atoms with Crippen LogP contribution in [0.2, 0.25) is 0 Å². The normalized spacial score (nSPS) is 47.8. The van der Waals surface area contributed by atoms with Crippen LogP contribution in [0.1, 0.15) is 26.2 Å². The van der Waals surface area contributed by atoms with Gasteiger partial charge in [0.05, 0.1) is 11.5 Å². The Labute approximate surface area is 66.2 Å². The van der Waals surface area contributed by atoms with E-state index in [1.807, 2.05) is 6.92 Å². The number of carbonyl (C=O) groups excluding carboxylic acids is 1. The number of ketones is 1. The summed E-state index contributed by atoms with van der Waals surface area (Å²) in [6.07, 6.45) is 2.45. The van der Waals surface area contributed by atoms with Crippen molar-refractivity contribution in [1.29, 1.82) is 5.26 Å². The standard InChI is InChI=1S/C9H11NO/c1-9(5-10)4-6-2-7(9)3-8(6)11/h6-7H,2-4H2,1H3/t6-,7-,9+/m1/s1. The molecule has 2 heteroatoms. The zero-order valence-electron chi connectivity index (χ0n) is 6.63. The molecule has 2 bridgehead atoms. The molecule has 0 heterocycles. The van der Waals surface area contributed by atoms with Crippen LogP contribution in [0.4, 0.5) is 0 Å². The Morgan fingerprint density at radius 2 is 2.45 bits per heavy atom. The average molecular weight is 149 g/mol. The predicted octanol–water partition coefficient (Wildman–Crippen LogP) is 1.52. The number of hydrogen-bond donors (Lipinski definition) is 0. The Balaban J connectivity index is 2.27. The first-order valence-electron chi connectivity index (χ1n) is 4.10. The van der Waals surface area contributed by atoms with Crippen molar-refractivity contribution in [2.45, 2.75) is 26.2 Å². The topological polar surface area (TPSA) is 40.9 Å². The molecule has 2 aliphatic carbocycles. The molecule has 0 unspecified atom stereocenters. The molecular weight excluding hydrogens is 138 g/mol. The third-order valence-electron chi connectivity index (χ3n) is 3.30. The summed E-state index contributed by atoms with van der Waals surface area (Å²) in [5.41, 5.74) is -0.182. The number of Topliss-reactive ketones (excluding diaryl/α,β-unsaturated/α-hetero) is 1. The van der Waals surface area contributed by atoms with E-state index in [1.165, 1.54) is 0 Å². The van der Waals surface area contributed by atoms with E-state index >= 15 is 0 Å². The minimum Gasteiger partial charge on any atom is -0.299 e. The van der Waals surface area contributed by atoms with Crippen LogP contribution in [-0.4, -0.2) is 5.78 Å². The van der Waals surface area contributed by atoms with Crippen LogP contribution < -0.4 is 0 Å². The maximum absolute atomic E-state index is 11.1. The number of fused-ring (bicyclic) bond motifs is 2. The summed E-state index contributed by atoms with van der Waals surface area (Å²) in [5, 5.41) is 8.87. The lowest BCUT2D eigenvalue weighted by molar-refractivity contribution is -0.122. The van der Waals surface area contributed by atoms with Crippen LogP contribution in [0.5, 0.6) is 0 Å². The molecule has 2 fully saturated rings. The van der Waals surface area contributed by atoms with E-state index in [4.69, 9.17) is 5.26 Å². The number of hydrogen-bond acceptors (Lipinski definition) is 2. The Bertz CT molecular complexity index is 253. The molecule has 0 radical (unpaired) electrons. The lowest BCUT2D eigenvalue weighted by atomic mass is 9.76. The van der Waals surface area contributed by atoms with Gasteiger partial charge in [-0.15, -0.1) is 0 Å². The first-order chi connectivity index (χ1) is 5.15. The Hall–Kier alpha value is -0.840. The van der Waals surface area contributed by atoms with Gasteiger partial charge in [0.15, 0.2) is 0 Å². The summed E-state index contributed by atoms with van der Waals surface area (Å²) in [5.74, 6) is 0.984. The van der Waals surface area contributed by atoms with Gasteiger partial charge in [0, 0.05) is 12.3 Å². The van der Waals surface area contributed by atoms with Crippen molar-refractivity contribution in [2.75, 3.05) is 0 Å². The van der Waals surface area contributed by atoms with Gasteiger partial charge >= 0.3 is 0 Å². The van der Waals surface area contributed by atoms with Gasteiger partial charge in [-0.25, -0.2) is 0 Å². The zero-order chi connectivity index (χ0) is 8.06. The number of nitrogens with zero attached hydrogens (tertiary/aromatic N) is 1. The molecule has 2 aliphatic rings. The Morgan fingerprint density at radius 3 is 2.82 bits per heavy atom. The van der Waals surface area contributed by atoms with E-state index < -0.39 is 0 Å². The average Bonchev–Trinajstić information content (AvgIpc) is 2.45. The highest BCUT2D eigenvalue weighted by Crippen LogP contribution is 2.53. The maximum Gasteiger partial charge on any atom is 0.136 e. The largest absolute Gasteiger partial charge is 0.299 e. The van der Waals surface area contributed by atoms with E-state index in [-0.39, 0.29) is 11.3 Å². The van der Waals surface area contributed by atoms with Gasteiger partial charge in [0.2, 0.25) is 0 Å². The lowest BCUT2D eigenvalue weighted by Gasteiger charge is -2.25. The zero-order valence-corrected chi connectivity index (χ0v) is 6.63. The fraction of sp³-hybridized carbons (Fsp3) is 0.778. The second-order valence-corrected chi connectivity index (χ2v) is 4.03. The third kappa shape index (κ3) is 0.742. The predicted molar refractivity (Wildman–Crippen MR) is 39.6 cm³/mol. The van der Waals surface area contributed by atoms with Crippen LogP contribution in [0, 0.1) is 28.6 Å². The van der Waals surface area contributed by atoms with Gasteiger partial charge in [-0.1, -0.05) is 0 Å².